The number of unbranched alkanes of at least 4 members (excludes halogenated alkanes) is 1. The summed E-state index contributed by atoms with van der Waals surface area (Å²) >= 11 is 0. The maximum absolute atomic E-state index is 13.1. The minimum absolute atomic E-state index is 0.00675. The molecule has 0 aromatic carbocycles. The molecule has 0 aromatic heterocycles. The van der Waals surface area contributed by atoms with Crippen molar-refractivity contribution in [3.8, 4) is 0 Å². The molecular weight excluding hydrogens is 332 g/mol. The highest BCUT2D eigenvalue weighted by atomic mass is 16.4. The van der Waals surface area contributed by atoms with Crippen molar-refractivity contribution in [1.29, 1.82) is 0 Å². The van der Waals surface area contributed by atoms with Crippen LogP contribution in [-0.4, -0.2) is 45.9 Å². The quantitative estimate of drug-likeness (QED) is 0.519. The molecular formula is C20H38N2O4. The van der Waals surface area contributed by atoms with Crippen molar-refractivity contribution < 1.29 is 19.5 Å². The van der Waals surface area contributed by atoms with Crippen LogP contribution in [0.5, 0.6) is 0 Å². The minimum atomic E-state index is -1.08. The van der Waals surface area contributed by atoms with Crippen molar-refractivity contribution in [2.45, 2.75) is 105 Å². The lowest BCUT2D eigenvalue weighted by Gasteiger charge is -2.36. The summed E-state index contributed by atoms with van der Waals surface area (Å²) in [5.74, 6) is -1.78. The van der Waals surface area contributed by atoms with Crippen LogP contribution in [0.1, 0.15) is 86.5 Å². The zero-order valence-corrected chi connectivity index (χ0v) is 17.4. The Morgan fingerprint density at radius 1 is 0.962 bits per heavy atom. The van der Waals surface area contributed by atoms with Crippen LogP contribution in [0.15, 0.2) is 0 Å². The first-order chi connectivity index (χ1) is 12.2. The van der Waals surface area contributed by atoms with Gasteiger partial charge in [0.25, 0.3) is 0 Å². The predicted molar refractivity (Wildman–Crippen MR) is 104 cm³/mol. The van der Waals surface area contributed by atoms with Gasteiger partial charge in [-0.25, -0.2) is 0 Å². The average Bonchev–Trinajstić information content (AvgIpc) is 2.60. The van der Waals surface area contributed by atoms with E-state index in [0.717, 1.165) is 32.1 Å². The number of nitrogens with one attached hydrogen (secondary N) is 1. The van der Waals surface area contributed by atoms with Gasteiger partial charge in [-0.2, -0.15) is 0 Å². The smallest absolute Gasteiger partial charge is 0.305 e. The Bertz CT molecular complexity index is 443. The first kappa shape index (κ1) is 24.4. The molecule has 0 saturated carbocycles. The molecule has 0 aromatic rings. The molecule has 0 rings (SSSR count). The van der Waals surface area contributed by atoms with Gasteiger partial charge in [-0.1, -0.05) is 40.5 Å². The molecule has 6 nitrogen and oxygen atoms in total. The summed E-state index contributed by atoms with van der Waals surface area (Å²) in [6, 6.07) is -1.03. The van der Waals surface area contributed by atoms with Crippen molar-refractivity contribution >= 4 is 17.8 Å². The van der Waals surface area contributed by atoms with Crippen LogP contribution in [0.3, 0.4) is 0 Å². The third kappa shape index (κ3) is 7.75. The summed E-state index contributed by atoms with van der Waals surface area (Å²) in [5, 5.41) is 12.0. The van der Waals surface area contributed by atoms with E-state index in [9.17, 15) is 19.5 Å². The molecule has 0 aliphatic heterocycles. The van der Waals surface area contributed by atoms with Gasteiger partial charge in [-0.3, -0.25) is 14.4 Å². The highest BCUT2D eigenvalue weighted by Crippen LogP contribution is 2.17. The summed E-state index contributed by atoms with van der Waals surface area (Å²) < 4.78 is 0. The number of carbonyl (C=O) groups excluding carboxylic acids is 2. The Balaban J connectivity index is 5.40. The molecule has 26 heavy (non-hydrogen) atoms. The van der Waals surface area contributed by atoms with Crippen LogP contribution in [0.25, 0.3) is 0 Å². The maximum Gasteiger partial charge on any atom is 0.305 e. The standard InChI is InChI=1S/C20H38N2O4/c1-7-11-12-16(10-4)19(25)21-17(13-18(23)24)20(26)22(14(5)8-2)15(6)9-3/h14-17H,7-13H2,1-6H3,(H,21,25)(H,23,24)/t14?,15?,16?,17-/m0/s1. The van der Waals surface area contributed by atoms with Crippen molar-refractivity contribution in [1.82, 2.24) is 10.2 Å². The second kappa shape index (κ2) is 12.7. The van der Waals surface area contributed by atoms with E-state index in [4.69, 9.17) is 0 Å². The lowest BCUT2D eigenvalue weighted by atomic mass is 9.97. The van der Waals surface area contributed by atoms with Gasteiger partial charge < -0.3 is 15.3 Å². The van der Waals surface area contributed by atoms with Crippen LogP contribution in [0.4, 0.5) is 0 Å². The zero-order chi connectivity index (χ0) is 20.3. The molecule has 0 fully saturated rings. The van der Waals surface area contributed by atoms with Gasteiger partial charge in [0.05, 0.1) is 6.42 Å². The molecule has 0 radical (unpaired) electrons. The molecule has 0 spiro atoms. The first-order valence-corrected chi connectivity index (χ1v) is 10.1. The fourth-order valence-corrected chi connectivity index (χ4v) is 3.08. The molecule has 2 N–H and O–H groups in total. The van der Waals surface area contributed by atoms with E-state index in [1.165, 1.54) is 0 Å². The molecule has 2 amide bonds. The molecule has 152 valence electrons. The number of aliphatic carboxylic acids is 1. The summed E-state index contributed by atoms with van der Waals surface area (Å²) in [6.45, 7) is 11.9. The molecule has 6 heteroatoms. The highest BCUT2D eigenvalue weighted by molar-refractivity contribution is 5.91. The molecule has 0 aliphatic carbocycles. The molecule has 0 bridgehead atoms. The molecule has 0 aliphatic rings. The van der Waals surface area contributed by atoms with Gasteiger partial charge >= 0.3 is 5.97 Å². The lowest BCUT2D eigenvalue weighted by Crippen LogP contribution is -2.55. The van der Waals surface area contributed by atoms with E-state index in [1.807, 2.05) is 34.6 Å². The topological polar surface area (TPSA) is 86.7 Å². The predicted octanol–water partition coefficient (Wildman–Crippen LogP) is 3.59. The van der Waals surface area contributed by atoms with Crippen molar-refractivity contribution in [3.05, 3.63) is 0 Å². The number of amides is 2. The highest BCUT2D eigenvalue weighted by Gasteiger charge is 2.33. The Morgan fingerprint density at radius 3 is 1.88 bits per heavy atom. The number of carbonyl (C=O) groups is 3. The van der Waals surface area contributed by atoms with Gasteiger partial charge in [0.15, 0.2) is 0 Å². The van der Waals surface area contributed by atoms with Crippen LogP contribution in [0.2, 0.25) is 0 Å². The number of carboxylic acids is 1. The van der Waals surface area contributed by atoms with Gasteiger partial charge in [-0.15, -0.1) is 0 Å². The fraction of sp³-hybridized carbons (Fsp3) is 0.850. The monoisotopic (exact) mass is 370 g/mol. The fourth-order valence-electron chi connectivity index (χ4n) is 3.08. The van der Waals surface area contributed by atoms with E-state index in [-0.39, 0.29) is 29.8 Å². The number of hydrogen-bond donors (Lipinski definition) is 2. The summed E-state index contributed by atoms with van der Waals surface area (Å²) in [4.78, 5) is 38.7. The number of carboxylic acid groups (broad SMARTS) is 1. The van der Waals surface area contributed by atoms with Crippen LogP contribution < -0.4 is 5.32 Å². The average molecular weight is 371 g/mol. The van der Waals surface area contributed by atoms with Crippen LogP contribution in [-0.2, 0) is 14.4 Å². The van der Waals surface area contributed by atoms with Gasteiger partial charge in [0.1, 0.15) is 6.04 Å². The third-order valence-electron chi connectivity index (χ3n) is 5.15. The van der Waals surface area contributed by atoms with Gasteiger partial charge in [0, 0.05) is 18.0 Å². The number of hydrogen-bond acceptors (Lipinski definition) is 3. The summed E-state index contributed by atoms with van der Waals surface area (Å²) in [6.07, 6.45) is 4.54. The second-order valence-electron chi connectivity index (χ2n) is 7.17. The van der Waals surface area contributed by atoms with Crippen LogP contribution >= 0.6 is 0 Å². The Morgan fingerprint density at radius 2 is 1.50 bits per heavy atom. The van der Waals surface area contributed by atoms with E-state index < -0.39 is 18.4 Å². The third-order valence-corrected chi connectivity index (χ3v) is 5.15. The minimum Gasteiger partial charge on any atom is -0.481 e. The van der Waals surface area contributed by atoms with E-state index >= 15 is 0 Å². The maximum atomic E-state index is 13.1. The Kier molecular flexibility index (Phi) is 11.9. The molecule has 4 atom stereocenters. The van der Waals surface area contributed by atoms with Crippen LogP contribution in [0, 0.1) is 5.92 Å². The molecule has 0 saturated heterocycles. The first-order valence-electron chi connectivity index (χ1n) is 10.1. The van der Waals surface area contributed by atoms with E-state index in [0.29, 0.717) is 6.42 Å². The number of rotatable bonds is 13. The summed E-state index contributed by atoms with van der Waals surface area (Å²) in [5.41, 5.74) is 0. The van der Waals surface area contributed by atoms with E-state index in [1.54, 1.807) is 4.90 Å². The zero-order valence-electron chi connectivity index (χ0n) is 17.4. The second-order valence-corrected chi connectivity index (χ2v) is 7.17. The Labute approximate surface area is 158 Å². The normalized spacial score (nSPS) is 15.6. The molecule has 0 heterocycles. The van der Waals surface area contributed by atoms with E-state index in [2.05, 4.69) is 12.2 Å². The summed E-state index contributed by atoms with van der Waals surface area (Å²) in [7, 11) is 0. The van der Waals surface area contributed by atoms with Crippen molar-refractivity contribution in [3.63, 3.8) is 0 Å². The van der Waals surface area contributed by atoms with Crippen molar-refractivity contribution in [2.24, 2.45) is 5.92 Å². The van der Waals surface area contributed by atoms with Gasteiger partial charge in [0.2, 0.25) is 11.8 Å². The number of nitrogens with zero attached hydrogens (tertiary/aromatic N) is 1. The van der Waals surface area contributed by atoms with Crippen molar-refractivity contribution in [2.75, 3.05) is 0 Å². The SMILES string of the molecule is CCCCC(CC)C(=O)N[C@@H](CC(=O)O)C(=O)N(C(C)CC)C(C)CC. The largest absolute Gasteiger partial charge is 0.481 e. The Hall–Kier alpha value is -1.59. The molecule has 3 unspecified atom stereocenters. The lowest BCUT2D eigenvalue weighted by molar-refractivity contribution is -0.146. The van der Waals surface area contributed by atoms with Gasteiger partial charge in [-0.05, 0) is 39.5 Å².